The lowest BCUT2D eigenvalue weighted by atomic mass is 10.2. The van der Waals surface area contributed by atoms with Crippen LogP contribution in [0.2, 0.25) is 0 Å². The molecule has 2 aromatic rings. The number of hydrogen-bond acceptors (Lipinski definition) is 3. The van der Waals surface area contributed by atoms with Crippen molar-refractivity contribution in [2.45, 2.75) is 17.7 Å². The van der Waals surface area contributed by atoms with Gasteiger partial charge in [0.05, 0.1) is 4.90 Å². The molecular formula is C14H18N3O2S. The van der Waals surface area contributed by atoms with E-state index in [0.717, 1.165) is 30.5 Å². The molecule has 1 fully saturated rings. The van der Waals surface area contributed by atoms with Crippen molar-refractivity contribution in [3.8, 4) is 0 Å². The van der Waals surface area contributed by atoms with Gasteiger partial charge in [-0.15, -0.1) is 0 Å². The highest BCUT2D eigenvalue weighted by Gasteiger charge is 2.16. The molecule has 0 spiro atoms. The van der Waals surface area contributed by atoms with Gasteiger partial charge in [0, 0.05) is 36.3 Å². The summed E-state index contributed by atoms with van der Waals surface area (Å²) in [6.07, 6.45) is 4.11. The van der Waals surface area contributed by atoms with E-state index in [2.05, 4.69) is 20.7 Å². The summed E-state index contributed by atoms with van der Waals surface area (Å²) in [6, 6.07) is 8.02. The SMILES string of the molecule is O=S(=O)(NCCN1CCCC1)c1ccc2[c]c[nH]c2c1. The van der Waals surface area contributed by atoms with E-state index < -0.39 is 10.0 Å². The zero-order valence-corrected chi connectivity index (χ0v) is 12.0. The lowest BCUT2D eigenvalue weighted by molar-refractivity contribution is 0.344. The van der Waals surface area contributed by atoms with E-state index in [1.807, 2.05) is 0 Å². The number of fused-ring (bicyclic) bond motifs is 1. The third kappa shape index (κ3) is 2.87. The van der Waals surface area contributed by atoms with E-state index in [-0.39, 0.29) is 0 Å². The number of benzene rings is 1. The molecule has 2 N–H and O–H groups in total. The van der Waals surface area contributed by atoms with Gasteiger partial charge in [-0.05, 0) is 38.1 Å². The van der Waals surface area contributed by atoms with Crippen molar-refractivity contribution in [3.05, 3.63) is 30.5 Å². The summed E-state index contributed by atoms with van der Waals surface area (Å²) >= 11 is 0. The highest BCUT2D eigenvalue weighted by Crippen LogP contribution is 2.17. The molecule has 1 radical (unpaired) electrons. The van der Waals surface area contributed by atoms with Crippen LogP contribution in [-0.2, 0) is 10.0 Å². The van der Waals surface area contributed by atoms with E-state index in [0.29, 0.717) is 11.4 Å². The van der Waals surface area contributed by atoms with E-state index in [9.17, 15) is 8.42 Å². The molecule has 20 heavy (non-hydrogen) atoms. The molecule has 2 heterocycles. The minimum absolute atomic E-state index is 0.294. The molecule has 5 nitrogen and oxygen atoms in total. The van der Waals surface area contributed by atoms with Crippen molar-refractivity contribution in [1.29, 1.82) is 0 Å². The molecule has 0 bridgehead atoms. The number of aromatic nitrogens is 1. The lowest BCUT2D eigenvalue weighted by Gasteiger charge is -2.14. The fourth-order valence-electron chi connectivity index (χ4n) is 2.56. The first-order chi connectivity index (χ1) is 9.65. The number of rotatable bonds is 5. The lowest BCUT2D eigenvalue weighted by Crippen LogP contribution is -2.33. The first-order valence-corrected chi connectivity index (χ1v) is 8.34. The first-order valence-electron chi connectivity index (χ1n) is 6.86. The molecule has 0 amide bonds. The van der Waals surface area contributed by atoms with Crippen molar-refractivity contribution in [2.24, 2.45) is 0 Å². The molecule has 1 aromatic carbocycles. The average molecular weight is 292 g/mol. The second-order valence-corrected chi connectivity index (χ2v) is 6.85. The van der Waals surface area contributed by atoms with Crippen LogP contribution in [0.3, 0.4) is 0 Å². The Hall–Kier alpha value is -1.37. The van der Waals surface area contributed by atoms with Crippen LogP contribution in [0, 0.1) is 6.07 Å². The molecule has 1 aliphatic heterocycles. The van der Waals surface area contributed by atoms with Gasteiger partial charge in [0.1, 0.15) is 0 Å². The number of H-pyrrole nitrogens is 1. The Balaban J connectivity index is 1.67. The van der Waals surface area contributed by atoms with Crippen LogP contribution in [0.1, 0.15) is 12.8 Å². The Morgan fingerprint density at radius 2 is 2.10 bits per heavy atom. The van der Waals surface area contributed by atoms with Crippen LogP contribution in [0.5, 0.6) is 0 Å². The molecule has 0 aliphatic carbocycles. The monoisotopic (exact) mass is 292 g/mol. The third-order valence-electron chi connectivity index (χ3n) is 3.68. The van der Waals surface area contributed by atoms with Crippen molar-refractivity contribution >= 4 is 20.9 Å². The third-order valence-corrected chi connectivity index (χ3v) is 5.13. The molecule has 1 aromatic heterocycles. The van der Waals surface area contributed by atoms with Crippen LogP contribution in [0.4, 0.5) is 0 Å². The van der Waals surface area contributed by atoms with Crippen molar-refractivity contribution in [2.75, 3.05) is 26.2 Å². The van der Waals surface area contributed by atoms with E-state index >= 15 is 0 Å². The second kappa shape index (κ2) is 5.55. The molecule has 107 valence electrons. The smallest absolute Gasteiger partial charge is 0.240 e. The molecule has 1 aliphatic rings. The molecule has 0 unspecified atom stereocenters. The minimum Gasteiger partial charge on any atom is -0.361 e. The maximum absolute atomic E-state index is 12.2. The Labute approximate surface area is 119 Å². The Morgan fingerprint density at radius 3 is 2.90 bits per heavy atom. The molecule has 6 heteroatoms. The highest BCUT2D eigenvalue weighted by atomic mass is 32.2. The fraction of sp³-hybridized carbons (Fsp3) is 0.429. The van der Waals surface area contributed by atoms with Crippen molar-refractivity contribution in [1.82, 2.24) is 14.6 Å². The van der Waals surface area contributed by atoms with Gasteiger partial charge in [-0.2, -0.15) is 0 Å². The Bertz CT molecular complexity index is 687. The normalized spacial score (nSPS) is 17.0. The minimum atomic E-state index is -3.43. The summed E-state index contributed by atoms with van der Waals surface area (Å²) < 4.78 is 27.1. The Kier molecular flexibility index (Phi) is 3.78. The summed E-state index contributed by atoms with van der Waals surface area (Å²) in [6.45, 7) is 3.38. The van der Waals surface area contributed by atoms with Gasteiger partial charge in [0.25, 0.3) is 0 Å². The summed E-state index contributed by atoms with van der Waals surface area (Å²) in [4.78, 5) is 5.55. The van der Waals surface area contributed by atoms with Crippen molar-refractivity contribution in [3.63, 3.8) is 0 Å². The van der Waals surface area contributed by atoms with Crippen LogP contribution in [0.15, 0.2) is 29.3 Å². The van der Waals surface area contributed by atoms with Gasteiger partial charge in [0.15, 0.2) is 0 Å². The topological polar surface area (TPSA) is 65.2 Å². The van der Waals surface area contributed by atoms with E-state index in [1.165, 1.54) is 12.8 Å². The second-order valence-electron chi connectivity index (χ2n) is 5.09. The number of hydrogen-bond donors (Lipinski definition) is 2. The standard InChI is InChI=1S/C14H18N3O2S/c18-20(19,16-7-10-17-8-1-2-9-17)13-4-3-12-5-6-15-14(12)11-13/h3-4,6,11,15-16H,1-2,7-10H2. The molecule has 0 saturated carbocycles. The van der Waals surface area contributed by atoms with Crippen LogP contribution < -0.4 is 4.72 Å². The fourth-order valence-corrected chi connectivity index (χ4v) is 3.60. The number of nitrogens with one attached hydrogen (secondary N) is 2. The molecule has 3 rings (SSSR count). The maximum Gasteiger partial charge on any atom is 0.240 e. The zero-order chi connectivity index (χ0) is 14.0. The zero-order valence-electron chi connectivity index (χ0n) is 11.2. The van der Waals surface area contributed by atoms with Gasteiger partial charge in [0.2, 0.25) is 10.0 Å². The van der Waals surface area contributed by atoms with Gasteiger partial charge in [-0.25, -0.2) is 13.1 Å². The van der Waals surface area contributed by atoms with Crippen LogP contribution in [-0.4, -0.2) is 44.5 Å². The Morgan fingerprint density at radius 1 is 1.30 bits per heavy atom. The van der Waals surface area contributed by atoms with Gasteiger partial charge >= 0.3 is 0 Å². The quantitative estimate of drug-likeness (QED) is 0.874. The van der Waals surface area contributed by atoms with Gasteiger partial charge in [-0.1, -0.05) is 6.07 Å². The van der Waals surface area contributed by atoms with E-state index in [4.69, 9.17) is 0 Å². The number of nitrogens with zero attached hydrogens (tertiary/aromatic N) is 1. The summed E-state index contributed by atoms with van der Waals surface area (Å²) in [5.41, 5.74) is 0.785. The highest BCUT2D eigenvalue weighted by molar-refractivity contribution is 7.89. The predicted molar refractivity (Wildman–Crippen MR) is 78.0 cm³/mol. The maximum atomic E-state index is 12.2. The van der Waals surface area contributed by atoms with Crippen LogP contribution >= 0.6 is 0 Å². The summed E-state index contributed by atoms with van der Waals surface area (Å²) in [5, 5.41) is 0.890. The summed E-state index contributed by atoms with van der Waals surface area (Å²) in [5.74, 6) is 0. The number of likely N-dealkylation sites (tertiary alicyclic amines) is 1. The number of sulfonamides is 1. The number of aromatic amines is 1. The first kappa shape index (κ1) is 13.6. The van der Waals surface area contributed by atoms with Gasteiger partial charge < -0.3 is 9.88 Å². The molecule has 0 atom stereocenters. The molecule has 1 saturated heterocycles. The largest absolute Gasteiger partial charge is 0.361 e. The van der Waals surface area contributed by atoms with Gasteiger partial charge in [-0.3, -0.25) is 0 Å². The van der Waals surface area contributed by atoms with Crippen LogP contribution in [0.25, 0.3) is 10.9 Å². The molecular weight excluding hydrogens is 274 g/mol. The van der Waals surface area contributed by atoms with Crippen molar-refractivity contribution < 1.29 is 8.42 Å². The summed E-state index contributed by atoms with van der Waals surface area (Å²) in [7, 11) is -3.43. The average Bonchev–Trinajstić information content (AvgIpc) is 3.08. The van der Waals surface area contributed by atoms with E-state index in [1.54, 1.807) is 24.4 Å². The predicted octanol–water partition coefficient (Wildman–Crippen LogP) is 1.34.